The quantitative estimate of drug-likeness (QED) is 0.378. The molecule has 1 heterocycles. The summed E-state index contributed by atoms with van der Waals surface area (Å²) in [4.78, 5) is 27.8. The lowest BCUT2D eigenvalue weighted by atomic mass is 9.74. The normalized spacial score (nSPS) is 37.2. The lowest BCUT2D eigenvalue weighted by Crippen LogP contribution is -2.55. The number of unbranched alkanes of at least 4 members (excludes halogenated alkanes) is 1. The molecule has 3 saturated carbocycles. The molecule has 4 unspecified atom stereocenters. The van der Waals surface area contributed by atoms with Crippen LogP contribution in [0.25, 0.3) is 0 Å². The van der Waals surface area contributed by atoms with E-state index in [1.54, 1.807) is 0 Å². The lowest BCUT2D eigenvalue weighted by molar-refractivity contribution is -0.130. The molecule has 41 heavy (non-hydrogen) atoms. The highest BCUT2D eigenvalue weighted by Crippen LogP contribution is 2.93. The van der Waals surface area contributed by atoms with Crippen LogP contribution in [0.2, 0.25) is 0 Å². The summed E-state index contributed by atoms with van der Waals surface area (Å²) in [7, 11) is -0.441. The van der Waals surface area contributed by atoms with Crippen molar-refractivity contribution in [1.82, 2.24) is 10.6 Å². The Bertz CT molecular complexity index is 1280. The van der Waals surface area contributed by atoms with Gasteiger partial charge in [-0.15, -0.1) is 0 Å². The number of fused-ring (bicyclic) bond motifs is 3. The monoisotopic (exact) mass is 556 g/mol. The van der Waals surface area contributed by atoms with E-state index in [2.05, 4.69) is 61.8 Å². The topological polar surface area (TPSA) is 76.7 Å². The Morgan fingerprint density at radius 2 is 2.05 bits per heavy atom. The summed E-state index contributed by atoms with van der Waals surface area (Å²) in [5, 5.41) is 6.54. The van der Waals surface area contributed by atoms with E-state index >= 15 is 0 Å². The van der Waals surface area contributed by atoms with Gasteiger partial charge in [0.15, 0.2) is 0 Å². The summed E-state index contributed by atoms with van der Waals surface area (Å²) in [6, 6.07) is 7.63. The minimum Gasteiger partial charge on any atom is -0.404 e. The number of rotatable bonds is 10. The molecule has 2 N–H and O–H groups in total. The minimum absolute atomic E-state index is 0.0441. The third kappa shape index (κ3) is 4.36. The molecule has 1 aromatic carbocycles. The maximum atomic E-state index is 14.1. The van der Waals surface area contributed by atoms with E-state index in [9.17, 15) is 9.59 Å². The number of nitrogens with one attached hydrogen (secondary N) is 2. The molecule has 2 amide bonds. The zero-order valence-corrected chi connectivity index (χ0v) is 24.9. The van der Waals surface area contributed by atoms with Crippen LogP contribution in [0.1, 0.15) is 95.6 Å². The van der Waals surface area contributed by atoms with Crippen molar-refractivity contribution in [2.75, 3.05) is 0 Å². The first kappa shape index (κ1) is 27.5. The first-order chi connectivity index (χ1) is 19.9. The van der Waals surface area contributed by atoms with E-state index in [1.807, 2.05) is 12.1 Å². The van der Waals surface area contributed by atoms with E-state index in [0.29, 0.717) is 11.8 Å². The van der Waals surface area contributed by atoms with Gasteiger partial charge in [0.25, 0.3) is 0 Å². The predicted octanol–water partition coefficient (Wildman–Crippen LogP) is 5.42. The molecule has 9 atom stereocenters. The van der Waals surface area contributed by atoms with Crippen molar-refractivity contribution in [2.45, 2.75) is 115 Å². The minimum atomic E-state index is -0.630. The van der Waals surface area contributed by atoms with Crippen LogP contribution in [0, 0.1) is 23.2 Å². The Kier molecular flexibility index (Phi) is 6.97. The first-order valence-electron chi connectivity index (χ1n) is 16.2. The van der Waals surface area contributed by atoms with Crippen molar-refractivity contribution >= 4 is 18.9 Å². The van der Waals surface area contributed by atoms with Crippen LogP contribution >= 0.6 is 0 Å². The number of carbonyl (C=O) groups is 2. The van der Waals surface area contributed by atoms with Crippen molar-refractivity contribution in [3.63, 3.8) is 0 Å². The molecule has 1 saturated heterocycles. The molecule has 7 heteroatoms. The molecule has 6 aliphatic rings. The van der Waals surface area contributed by atoms with Crippen molar-refractivity contribution in [1.29, 1.82) is 0 Å². The highest BCUT2D eigenvalue weighted by Gasteiger charge is 2.95. The van der Waals surface area contributed by atoms with Gasteiger partial charge in [-0.1, -0.05) is 74.8 Å². The summed E-state index contributed by atoms with van der Waals surface area (Å²) in [6.07, 6.45) is 15.5. The molecule has 6 nitrogen and oxygen atoms in total. The number of carbonyl (C=O) groups excluding carboxylic acids is 2. The molecule has 218 valence electrons. The van der Waals surface area contributed by atoms with Gasteiger partial charge in [0.2, 0.25) is 11.8 Å². The van der Waals surface area contributed by atoms with E-state index < -0.39 is 13.2 Å². The third-order valence-electron chi connectivity index (χ3n) is 11.7. The van der Waals surface area contributed by atoms with Gasteiger partial charge in [-0.25, -0.2) is 0 Å². The summed E-state index contributed by atoms with van der Waals surface area (Å²) >= 11 is 0. The molecule has 5 aliphatic carbocycles. The Hall–Kier alpha value is -2.38. The van der Waals surface area contributed by atoms with Gasteiger partial charge >= 0.3 is 7.12 Å². The van der Waals surface area contributed by atoms with Crippen molar-refractivity contribution in [3.05, 3.63) is 59.2 Å². The number of amides is 2. The summed E-state index contributed by atoms with van der Waals surface area (Å²) in [6.45, 7) is 6.78. The van der Waals surface area contributed by atoms with Crippen LogP contribution in [0.15, 0.2) is 48.1 Å². The zero-order chi connectivity index (χ0) is 28.4. The second-order valence-electron chi connectivity index (χ2n) is 13.8. The van der Waals surface area contributed by atoms with Crippen LogP contribution in [0.4, 0.5) is 0 Å². The number of aryl methyl sites for hydroxylation is 1. The Labute approximate surface area is 245 Å². The van der Waals surface area contributed by atoms with Crippen molar-refractivity contribution in [2.24, 2.45) is 23.2 Å². The van der Waals surface area contributed by atoms with Crippen LogP contribution in [-0.4, -0.2) is 42.6 Å². The van der Waals surface area contributed by atoms with Gasteiger partial charge in [0, 0.05) is 5.41 Å². The molecule has 0 aromatic heterocycles. The molecule has 0 radical (unpaired) electrons. The van der Waals surface area contributed by atoms with Crippen molar-refractivity contribution < 1.29 is 18.9 Å². The zero-order valence-electron chi connectivity index (χ0n) is 24.9. The van der Waals surface area contributed by atoms with E-state index in [0.717, 1.165) is 81.1 Å². The summed E-state index contributed by atoms with van der Waals surface area (Å²) in [5.41, 5.74) is 3.61. The maximum Gasteiger partial charge on any atom is 0.481 e. The number of hydrogen-bond donors (Lipinski definition) is 2. The van der Waals surface area contributed by atoms with Crippen molar-refractivity contribution in [3.8, 4) is 0 Å². The van der Waals surface area contributed by atoms with Crippen LogP contribution in [0.3, 0.4) is 0 Å². The van der Waals surface area contributed by atoms with Crippen LogP contribution in [0.5, 0.6) is 0 Å². The molecular formula is C34H45BN2O4. The molecule has 0 bridgehead atoms. The SMILES string of the molecule is CCCC[C@H](NC(=O)[C@H](CC1=CC=CCC1)NC(=O)[C@H]1CCCc2ccccc21)B1O[C@@H]2CC3C4C(C)C34[C@]2(C)O1. The average molecular weight is 557 g/mol. The number of benzene rings is 1. The number of allylic oxidation sites excluding steroid dienone is 3. The largest absolute Gasteiger partial charge is 0.481 e. The van der Waals surface area contributed by atoms with Gasteiger partial charge in [-0.2, -0.15) is 0 Å². The molecular weight excluding hydrogens is 511 g/mol. The summed E-state index contributed by atoms with van der Waals surface area (Å²) < 4.78 is 13.4. The van der Waals surface area contributed by atoms with Crippen LogP contribution in [-0.2, 0) is 25.3 Å². The Morgan fingerprint density at radius 1 is 1.20 bits per heavy atom. The third-order valence-corrected chi connectivity index (χ3v) is 11.7. The molecule has 1 aromatic rings. The highest BCUT2D eigenvalue weighted by molar-refractivity contribution is 6.48. The molecule has 1 spiro atoms. The standard InChI is InChI=1S/C34H45BN2O4/c1-4-5-18-29(35-40-28-20-26-30-21(2)34(26,30)33(28,3)41-35)37-32(39)27(19-22-12-7-6-8-13-22)36-31(38)25-17-11-15-23-14-9-10-16-24(23)25/h6-7,9-10,12,14,16,21,25-30H,4-5,8,11,13,15,17-20H2,1-3H3,(H,36,38)(H,37,39)/t21?,25-,26?,27-,28+,29-,30?,33+,34?/m0/s1. The number of hydrogen-bond acceptors (Lipinski definition) is 4. The van der Waals surface area contributed by atoms with Gasteiger partial charge in [-0.3, -0.25) is 9.59 Å². The Balaban J connectivity index is 1.08. The molecule has 4 fully saturated rings. The fourth-order valence-corrected chi connectivity index (χ4v) is 9.48. The molecule has 1 aliphatic heterocycles. The first-order valence-corrected chi connectivity index (χ1v) is 16.2. The second kappa shape index (κ2) is 10.4. The fourth-order valence-electron chi connectivity index (χ4n) is 9.48. The van der Waals surface area contributed by atoms with Gasteiger partial charge in [-0.05, 0) is 87.2 Å². The van der Waals surface area contributed by atoms with E-state index in [1.165, 1.54) is 11.1 Å². The van der Waals surface area contributed by atoms with E-state index in [4.69, 9.17) is 9.31 Å². The summed E-state index contributed by atoms with van der Waals surface area (Å²) in [5.74, 6) is 1.66. The van der Waals surface area contributed by atoms with Gasteiger partial charge in [0.05, 0.1) is 23.6 Å². The predicted molar refractivity (Wildman–Crippen MR) is 160 cm³/mol. The average Bonchev–Trinajstić information content (AvgIpc) is 3.77. The van der Waals surface area contributed by atoms with Crippen LogP contribution < -0.4 is 10.6 Å². The Morgan fingerprint density at radius 3 is 2.83 bits per heavy atom. The maximum absolute atomic E-state index is 14.1. The lowest BCUT2D eigenvalue weighted by Gasteiger charge is -2.31. The fraction of sp³-hybridized carbons (Fsp3) is 0.647. The second-order valence-corrected chi connectivity index (χ2v) is 13.8. The van der Waals surface area contributed by atoms with E-state index in [-0.39, 0.29) is 35.4 Å². The van der Waals surface area contributed by atoms with Gasteiger partial charge < -0.3 is 19.9 Å². The smallest absolute Gasteiger partial charge is 0.404 e. The van der Waals surface area contributed by atoms with Gasteiger partial charge in [0.1, 0.15) is 6.04 Å². The molecule has 7 rings (SSSR count). The highest BCUT2D eigenvalue weighted by atomic mass is 16.7.